The van der Waals surface area contributed by atoms with Gasteiger partial charge in [-0.1, -0.05) is 27.2 Å². The summed E-state index contributed by atoms with van der Waals surface area (Å²) in [6.07, 6.45) is 5.10. The normalized spacial score (nSPS) is 24.3. The van der Waals surface area contributed by atoms with Crippen LogP contribution in [0.1, 0.15) is 46.5 Å². The number of hydrogen-bond donors (Lipinski definition) is 1. The molecule has 0 amide bonds. The molecule has 0 bridgehead atoms. The highest BCUT2D eigenvalue weighted by Gasteiger charge is 2.24. The summed E-state index contributed by atoms with van der Waals surface area (Å²) in [4.78, 5) is 5.18. The maximum absolute atomic E-state index is 3.71. The van der Waals surface area contributed by atoms with Gasteiger partial charge in [-0.2, -0.15) is 0 Å². The molecular formula is C15H33N3. The van der Waals surface area contributed by atoms with Gasteiger partial charge < -0.3 is 10.2 Å². The third kappa shape index (κ3) is 5.25. The first-order valence-electron chi connectivity index (χ1n) is 7.87. The van der Waals surface area contributed by atoms with Crippen LogP contribution in [0.25, 0.3) is 0 Å². The van der Waals surface area contributed by atoms with Crippen LogP contribution in [0, 0.1) is 0 Å². The van der Waals surface area contributed by atoms with Crippen LogP contribution in [0.5, 0.6) is 0 Å². The highest BCUT2D eigenvalue weighted by atomic mass is 15.3. The Kier molecular flexibility index (Phi) is 7.87. The third-order valence-corrected chi connectivity index (χ3v) is 4.13. The molecule has 2 unspecified atom stereocenters. The Morgan fingerprint density at radius 3 is 2.56 bits per heavy atom. The Labute approximate surface area is 114 Å². The Hall–Kier alpha value is -0.120. The second kappa shape index (κ2) is 8.89. The van der Waals surface area contributed by atoms with Crippen LogP contribution in [0.4, 0.5) is 0 Å². The van der Waals surface area contributed by atoms with Crippen molar-refractivity contribution in [2.45, 2.75) is 58.5 Å². The molecule has 0 radical (unpaired) electrons. The Morgan fingerprint density at radius 1 is 1.17 bits per heavy atom. The quantitative estimate of drug-likeness (QED) is 0.717. The van der Waals surface area contributed by atoms with Crippen LogP contribution >= 0.6 is 0 Å². The first kappa shape index (κ1) is 15.9. The predicted octanol–water partition coefficient (Wildman–Crippen LogP) is 2.18. The lowest BCUT2D eigenvalue weighted by molar-refractivity contribution is 0.0850. The summed E-state index contributed by atoms with van der Waals surface area (Å²) < 4.78 is 0. The van der Waals surface area contributed by atoms with E-state index in [4.69, 9.17) is 0 Å². The molecule has 0 spiro atoms. The van der Waals surface area contributed by atoms with Crippen LogP contribution in [0.2, 0.25) is 0 Å². The molecule has 108 valence electrons. The van der Waals surface area contributed by atoms with Crippen molar-refractivity contribution in [3.63, 3.8) is 0 Å². The molecule has 18 heavy (non-hydrogen) atoms. The van der Waals surface area contributed by atoms with E-state index in [-0.39, 0.29) is 0 Å². The summed E-state index contributed by atoms with van der Waals surface area (Å²) in [5.41, 5.74) is 0. The fourth-order valence-electron chi connectivity index (χ4n) is 2.88. The van der Waals surface area contributed by atoms with Gasteiger partial charge in [-0.05, 0) is 32.9 Å². The minimum atomic E-state index is 0.691. The van der Waals surface area contributed by atoms with E-state index in [1.165, 1.54) is 51.9 Å². The maximum Gasteiger partial charge on any atom is 0.0218 e. The van der Waals surface area contributed by atoms with E-state index in [2.05, 4.69) is 42.9 Å². The van der Waals surface area contributed by atoms with Gasteiger partial charge >= 0.3 is 0 Å². The second-order valence-electron chi connectivity index (χ2n) is 5.74. The van der Waals surface area contributed by atoms with Crippen molar-refractivity contribution in [1.82, 2.24) is 15.1 Å². The molecule has 0 aromatic rings. The summed E-state index contributed by atoms with van der Waals surface area (Å²) in [6.45, 7) is 13.0. The number of nitrogens with one attached hydrogen (secondary N) is 1. The molecule has 0 aromatic heterocycles. The van der Waals surface area contributed by atoms with E-state index in [0.717, 1.165) is 12.6 Å². The molecule has 1 fully saturated rings. The number of nitrogens with zero attached hydrogens (tertiary/aromatic N) is 2. The molecule has 1 heterocycles. The number of piperazine rings is 1. The van der Waals surface area contributed by atoms with E-state index in [1.807, 2.05) is 0 Å². The molecular weight excluding hydrogens is 222 g/mol. The zero-order valence-electron chi connectivity index (χ0n) is 12.9. The van der Waals surface area contributed by atoms with Gasteiger partial charge in [-0.15, -0.1) is 0 Å². The van der Waals surface area contributed by atoms with Crippen LogP contribution < -0.4 is 5.32 Å². The molecule has 1 N–H and O–H groups in total. The minimum absolute atomic E-state index is 0.691. The fraction of sp³-hybridized carbons (Fsp3) is 1.00. The van der Waals surface area contributed by atoms with Crippen molar-refractivity contribution in [2.75, 3.05) is 39.8 Å². The molecule has 1 saturated heterocycles. The lowest BCUT2D eigenvalue weighted by Gasteiger charge is -2.40. The minimum Gasteiger partial charge on any atom is -0.313 e. The van der Waals surface area contributed by atoms with Crippen LogP contribution in [-0.2, 0) is 0 Å². The van der Waals surface area contributed by atoms with Crippen molar-refractivity contribution >= 4 is 0 Å². The monoisotopic (exact) mass is 255 g/mol. The molecule has 0 aliphatic carbocycles. The van der Waals surface area contributed by atoms with Gasteiger partial charge in [0, 0.05) is 38.3 Å². The van der Waals surface area contributed by atoms with Gasteiger partial charge in [-0.25, -0.2) is 0 Å². The van der Waals surface area contributed by atoms with E-state index in [0.29, 0.717) is 6.04 Å². The summed E-state index contributed by atoms with van der Waals surface area (Å²) in [5.74, 6) is 0. The first-order chi connectivity index (χ1) is 8.71. The van der Waals surface area contributed by atoms with Crippen molar-refractivity contribution in [3.8, 4) is 0 Å². The Bertz CT molecular complexity index is 208. The summed E-state index contributed by atoms with van der Waals surface area (Å²) in [6, 6.07) is 1.45. The SMILES string of the molecule is CCCNC(CCC)CN1CCN(C)C(CC)C1. The van der Waals surface area contributed by atoms with Gasteiger partial charge in [0.2, 0.25) is 0 Å². The molecule has 2 atom stereocenters. The molecule has 0 aromatic carbocycles. The van der Waals surface area contributed by atoms with Crippen molar-refractivity contribution < 1.29 is 0 Å². The number of hydrogen-bond acceptors (Lipinski definition) is 3. The van der Waals surface area contributed by atoms with Gasteiger partial charge in [0.1, 0.15) is 0 Å². The van der Waals surface area contributed by atoms with Crippen molar-refractivity contribution in [1.29, 1.82) is 0 Å². The summed E-state index contributed by atoms with van der Waals surface area (Å²) >= 11 is 0. The number of likely N-dealkylation sites (N-methyl/N-ethyl adjacent to an activating group) is 1. The molecule has 0 saturated carbocycles. The van der Waals surface area contributed by atoms with Crippen molar-refractivity contribution in [3.05, 3.63) is 0 Å². The van der Waals surface area contributed by atoms with Crippen molar-refractivity contribution in [2.24, 2.45) is 0 Å². The van der Waals surface area contributed by atoms with Gasteiger partial charge in [-0.3, -0.25) is 4.90 Å². The van der Waals surface area contributed by atoms with Crippen LogP contribution in [0.3, 0.4) is 0 Å². The lowest BCUT2D eigenvalue weighted by atomic mass is 10.1. The van der Waals surface area contributed by atoms with Gasteiger partial charge in [0.05, 0.1) is 0 Å². The topological polar surface area (TPSA) is 18.5 Å². The first-order valence-corrected chi connectivity index (χ1v) is 7.87. The fourth-order valence-corrected chi connectivity index (χ4v) is 2.88. The highest BCUT2D eigenvalue weighted by Crippen LogP contribution is 2.12. The van der Waals surface area contributed by atoms with E-state index in [1.54, 1.807) is 0 Å². The second-order valence-corrected chi connectivity index (χ2v) is 5.74. The predicted molar refractivity (Wildman–Crippen MR) is 80.1 cm³/mol. The van der Waals surface area contributed by atoms with Gasteiger partial charge in [0.25, 0.3) is 0 Å². The number of rotatable bonds is 8. The average Bonchev–Trinajstić information content (AvgIpc) is 2.38. The molecule has 3 nitrogen and oxygen atoms in total. The van der Waals surface area contributed by atoms with Crippen LogP contribution in [-0.4, -0.2) is 61.7 Å². The third-order valence-electron chi connectivity index (χ3n) is 4.13. The Morgan fingerprint density at radius 2 is 1.94 bits per heavy atom. The van der Waals surface area contributed by atoms with E-state index >= 15 is 0 Å². The molecule has 1 aliphatic heterocycles. The van der Waals surface area contributed by atoms with E-state index < -0.39 is 0 Å². The summed E-state index contributed by atoms with van der Waals surface area (Å²) in [5, 5.41) is 3.71. The largest absolute Gasteiger partial charge is 0.313 e. The zero-order chi connectivity index (χ0) is 13.4. The van der Waals surface area contributed by atoms with Crippen LogP contribution in [0.15, 0.2) is 0 Å². The average molecular weight is 255 g/mol. The zero-order valence-corrected chi connectivity index (χ0v) is 12.9. The van der Waals surface area contributed by atoms with Gasteiger partial charge in [0.15, 0.2) is 0 Å². The Balaban J connectivity index is 2.38. The smallest absolute Gasteiger partial charge is 0.0218 e. The molecule has 1 rings (SSSR count). The molecule has 3 heteroatoms. The highest BCUT2D eigenvalue weighted by molar-refractivity contribution is 4.82. The van der Waals surface area contributed by atoms with E-state index in [9.17, 15) is 0 Å². The molecule has 1 aliphatic rings. The standard InChI is InChI=1S/C15H33N3/c1-5-8-14(16-9-6-2)12-18-11-10-17(4)15(7-3)13-18/h14-16H,5-13H2,1-4H3. The lowest BCUT2D eigenvalue weighted by Crippen LogP contribution is -2.54. The summed E-state index contributed by atoms with van der Waals surface area (Å²) in [7, 11) is 2.27. The maximum atomic E-state index is 3.71.